The molecule has 2 aromatic rings. The third kappa shape index (κ3) is 4.94. The van der Waals surface area contributed by atoms with Gasteiger partial charge in [0.15, 0.2) is 0 Å². The van der Waals surface area contributed by atoms with Crippen LogP contribution >= 0.6 is 22.9 Å². The zero-order chi connectivity index (χ0) is 16.8. The topological polar surface area (TPSA) is 42.4 Å². The monoisotopic (exact) mass is 352 g/mol. The van der Waals surface area contributed by atoms with Crippen molar-refractivity contribution < 1.29 is 9.53 Å². The third-order valence-electron chi connectivity index (χ3n) is 3.57. The van der Waals surface area contributed by atoms with Gasteiger partial charge in [-0.05, 0) is 38.5 Å². The van der Waals surface area contributed by atoms with Crippen molar-refractivity contribution in [2.45, 2.75) is 33.2 Å². The summed E-state index contributed by atoms with van der Waals surface area (Å²) in [6.45, 7) is 4.97. The van der Waals surface area contributed by atoms with Crippen LogP contribution in [0, 0.1) is 6.92 Å². The van der Waals surface area contributed by atoms with Gasteiger partial charge >= 0.3 is 0 Å². The van der Waals surface area contributed by atoms with Gasteiger partial charge in [-0.25, -0.2) is 4.98 Å². The lowest BCUT2D eigenvalue weighted by Gasteiger charge is -2.19. The molecule has 0 saturated heterocycles. The highest BCUT2D eigenvalue weighted by atomic mass is 35.5. The maximum absolute atomic E-state index is 12.3. The Balaban J connectivity index is 1.98. The van der Waals surface area contributed by atoms with Crippen LogP contribution < -0.4 is 4.74 Å². The van der Waals surface area contributed by atoms with Gasteiger partial charge in [0.1, 0.15) is 5.75 Å². The minimum absolute atomic E-state index is 0.0974. The Morgan fingerprint density at radius 2 is 2.22 bits per heavy atom. The molecule has 0 aliphatic heterocycles. The Kier molecular flexibility index (Phi) is 6.42. The van der Waals surface area contributed by atoms with Crippen molar-refractivity contribution >= 4 is 28.8 Å². The fourth-order valence-electron chi connectivity index (χ4n) is 2.29. The Morgan fingerprint density at radius 1 is 1.43 bits per heavy atom. The molecular formula is C17H21ClN2O2S. The summed E-state index contributed by atoms with van der Waals surface area (Å²) in [5.41, 5.74) is 3.75. The third-order valence-corrected chi connectivity index (χ3v) is 4.80. The summed E-state index contributed by atoms with van der Waals surface area (Å²) in [4.78, 5) is 19.4. The summed E-state index contributed by atoms with van der Waals surface area (Å²) in [6, 6.07) is 5.49. The van der Waals surface area contributed by atoms with Gasteiger partial charge in [-0.2, -0.15) is 0 Å². The molecule has 0 radical (unpaired) electrons. The van der Waals surface area contributed by atoms with Crippen molar-refractivity contribution in [3.63, 3.8) is 0 Å². The van der Waals surface area contributed by atoms with E-state index in [1.807, 2.05) is 31.5 Å². The molecule has 1 amide bonds. The van der Waals surface area contributed by atoms with Gasteiger partial charge in [0, 0.05) is 35.5 Å². The number of thiazole rings is 1. The highest BCUT2D eigenvalue weighted by Crippen LogP contribution is 2.24. The molecule has 124 valence electrons. The van der Waals surface area contributed by atoms with Crippen molar-refractivity contribution in [1.29, 1.82) is 0 Å². The number of carbonyl (C=O) groups is 1. The second-order valence-corrected chi connectivity index (χ2v) is 6.67. The van der Waals surface area contributed by atoms with E-state index in [2.05, 4.69) is 4.98 Å². The number of benzene rings is 1. The van der Waals surface area contributed by atoms with Crippen LogP contribution in [0.25, 0.3) is 0 Å². The van der Waals surface area contributed by atoms with Crippen LogP contribution in [0.2, 0.25) is 5.02 Å². The van der Waals surface area contributed by atoms with Crippen LogP contribution in [-0.4, -0.2) is 29.4 Å². The summed E-state index contributed by atoms with van der Waals surface area (Å²) in [5.74, 6) is 0.870. The van der Waals surface area contributed by atoms with Gasteiger partial charge in [0.2, 0.25) is 5.91 Å². The molecule has 4 nitrogen and oxygen atoms in total. The Labute approximate surface area is 146 Å². The van der Waals surface area contributed by atoms with Gasteiger partial charge in [-0.15, -0.1) is 11.3 Å². The molecule has 0 atom stereocenters. The first-order chi connectivity index (χ1) is 11.0. The molecule has 0 N–H and O–H groups in total. The number of amides is 1. The van der Waals surface area contributed by atoms with E-state index >= 15 is 0 Å². The number of halogens is 1. The van der Waals surface area contributed by atoms with Crippen LogP contribution in [0.3, 0.4) is 0 Å². The first kappa shape index (κ1) is 17.8. The largest absolute Gasteiger partial charge is 0.494 e. The van der Waals surface area contributed by atoms with Crippen LogP contribution in [-0.2, 0) is 17.8 Å². The van der Waals surface area contributed by atoms with Gasteiger partial charge in [0.05, 0.1) is 17.8 Å². The van der Waals surface area contributed by atoms with Gasteiger partial charge in [-0.1, -0.05) is 11.6 Å². The fraction of sp³-hybridized carbons (Fsp3) is 0.412. The predicted molar refractivity (Wildman–Crippen MR) is 94.3 cm³/mol. The normalized spacial score (nSPS) is 10.6. The van der Waals surface area contributed by atoms with E-state index in [1.54, 1.807) is 29.4 Å². The summed E-state index contributed by atoms with van der Waals surface area (Å²) >= 11 is 7.66. The number of carbonyl (C=O) groups excluding carboxylic acids is 1. The number of aromatic nitrogens is 1. The van der Waals surface area contributed by atoms with E-state index in [4.69, 9.17) is 16.3 Å². The number of hydrogen-bond donors (Lipinski definition) is 0. The highest BCUT2D eigenvalue weighted by Gasteiger charge is 2.14. The van der Waals surface area contributed by atoms with Crippen molar-refractivity contribution in [1.82, 2.24) is 9.88 Å². The van der Waals surface area contributed by atoms with Crippen molar-refractivity contribution in [2.75, 3.05) is 13.7 Å². The molecule has 2 rings (SSSR count). The quantitative estimate of drug-likeness (QED) is 0.753. The number of aryl methyl sites for hydroxylation is 2. The Morgan fingerprint density at radius 3 is 2.87 bits per heavy atom. The molecule has 1 heterocycles. The zero-order valence-electron chi connectivity index (χ0n) is 13.6. The Hall–Kier alpha value is -1.59. The van der Waals surface area contributed by atoms with Crippen molar-refractivity contribution in [2.24, 2.45) is 0 Å². The molecule has 1 aromatic carbocycles. The smallest absolute Gasteiger partial charge is 0.222 e. The van der Waals surface area contributed by atoms with E-state index in [9.17, 15) is 4.79 Å². The van der Waals surface area contributed by atoms with Crippen LogP contribution in [0.4, 0.5) is 0 Å². The van der Waals surface area contributed by atoms with E-state index in [1.165, 1.54) is 4.88 Å². The highest BCUT2D eigenvalue weighted by molar-refractivity contribution is 7.09. The number of hydrogen-bond acceptors (Lipinski definition) is 4. The molecule has 0 unspecified atom stereocenters. The average molecular weight is 353 g/mol. The van der Waals surface area contributed by atoms with Crippen molar-refractivity contribution in [3.8, 4) is 5.75 Å². The van der Waals surface area contributed by atoms with Crippen LogP contribution in [0.1, 0.15) is 29.5 Å². The molecular weight excluding hydrogens is 332 g/mol. The Bertz CT molecular complexity index is 672. The van der Waals surface area contributed by atoms with Gasteiger partial charge < -0.3 is 9.64 Å². The molecule has 0 spiro atoms. The fourth-order valence-corrected chi connectivity index (χ4v) is 3.26. The lowest BCUT2D eigenvalue weighted by molar-refractivity contribution is -0.130. The van der Waals surface area contributed by atoms with E-state index in [0.717, 1.165) is 23.4 Å². The minimum atomic E-state index is 0.0974. The van der Waals surface area contributed by atoms with Gasteiger partial charge in [-0.3, -0.25) is 4.79 Å². The maximum atomic E-state index is 12.3. The summed E-state index contributed by atoms with van der Waals surface area (Å²) < 4.78 is 5.60. The van der Waals surface area contributed by atoms with Crippen LogP contribution in [0.5, 0.6) is 5.75 Å². The molecule has 1 aromatic heterocycles. The molecule has 0 bridgehead atoms. The zero-order valence-corrected chi connectivity index (χ0v) is 15.2. The van der Waals surface area contributed by atoms with E-state index in [-0.39, 0.29) is 5.91 Å². The molecule has 23 heavy (non-hydrogen) atoms. The van der Waals surface area contributed by atoms with Crippen molar-refractivity contribution in [3.05, 3.63) is 44.9 Å². The molecule has 0 aliphatic carbocycles. The number of rotatable bonds is 7. The summed E-state index contributed by atoms with van der Waals surface area (Å²) in [7, 11) is 1.80. The number of ether oxygens (including phenoxy) is 1. The second-order valence-electron chi connectivity index (χ2n) is 5.30. The molecule has 6 heteroatoms. The summed E-state index contributed by atoms with van der Waals surface area (Å²) in [5, 5.41) is 0.643. The standard InChI is InChI=1S/C17H21ClN2O2S/c1-4-22-15-6-5-14(18)9-13(15)10-20(3)17(21)8-7-16-12(2)19-11-23-16/h5-6,9,11H,4,7-8,10H2,1-3H3. The van der Waals surface area contributed by atoms with Crippen LogP contribution in [0.15, 0.2) is 23.7 Å². The summed E-state index contributed by atoms with van der Waals surface area (Å²) in [6.07, 6.45) is 1.21. The maximum Gasteiger partial charge on any atom is 0.222 e. The van der Waals surface area contributed by atoms with E-state index < -0.39 is 0 Å². The average Bonchev–Trinajstić information content (AvgIpc) is 2.93. The van der Waals surface area contributed by atoms with Gasteiger partial charge in [0.25, 0.3) is 0 Å². The molecule has 0 saturated carbocycles. The minimum Gasteiger partial charge on any atom is -0.494 e. The SMILES string of the molecule is CCOc1ccc(Cl)cc1CN(C)C(=O)CCc1scnc1C. The first-order valence-corrected chi connectivity index (χ1v) is 8.81. The van der Waals surface area contributed by atoms with E-state index in [0.29, 0.717) is 24.6 Å². The lowest BCUT2D eigenvalue weighted by atomic mass is 10.1. The predicted octanol–water partition coefficient (Wildman–Crippen LogP) is 4.09. The lowest BCUT2D eigenvalue weighted by Crippen LogP contribution is -2.26. The molecule has 0 fully saturated rings. The number of nitrogens with zero attached hydrogens (tertiary/aromatic N) is 2. The molecule has 0 aliphatic rings. The second kappa shape index (κ2) is 8.31. The first-order valence-electron chi connectivity index (χ1n) is 7.55.